The second-order valence-electron chi connectivity index (χ2n) is 7.14. The van der Waals surface area contributed by atoms with E-state index < -0.39 is 37.1 Å². The van der Waals surface area contributed by atoms with Crippen LogP contribution in [0.1, 0.15) is 27.8 Å². The Kier molecular flexibility index (Phi) is 5.75. The molecule has 1 fully saturated rings. The van der Waals surface area contributed by atoms with Crippen LogP contribution < -0.4 is 5.32 Å². The van der Waals surface area contributed by atoms with Crippen molar-refractivity contribution in [1.29, 1.82) is 0 Å². The van der Waals surface area contributed by atoms with Gasteiger partial charge in [0.1, 0.15) is 36.3 Å². The number of aliphatic hydroxyl groups excluding tert-OH is 4. The van der Waals surface area contributed by atoms with Crippen molar-refractivity contribution >= 4 is 16.9 Å². The average molecular weight is 414 g/mol. The van der Waals surface area contributed by atoms with Gasteiger partial charge < -0.3 is 35.5 Å². The summed E-state index contributed by atoms with van der Waals surface area (Å²) in [6, 6.07) is 8.52. The van der Waals surface area contributed by atoms with E-state index >= 15 is 0 Å². The van der Waals surface area contributed by atoms with Gasteiger partial charge >= 0.3 is 0 Å². The quantitative estimate of drug-likeness (QED) is 0.323. The van der Waals surface area contributed by atoms with Gasteiger partial charge in [0.05, 0.1) is 17.6 Å². The van der Waals surface area contributed by atoms with Gasteiger partial charge in [-0.2, -0.15) is 0 Å². The minimum atomic E-state index is -1.50. The number of hydrogen-bond donors (Lipinski definition) is 6. The number of amides is 1. The molecule has 2 aromatic heterocycles. The Morgan fingerprint density at radius 2 is 1.87 bits per heavy atom. The molecule has 0 aliphatic carbocycles. The first-order chi connectivity index (χ1) is 14.5. The number of H-pyrrole nitrogens is 1. The number of benzene rings is 1. The van der Waals surface area contributed by atoms with Crippen LogP contribution in [0.25, 0.3) is 11.0 Å². The predicted octanol–water partition coefficient (Wildman–Crippen LogP) is -0.597. The van der Waals surface area contributed by atoms with Gasteiger partial charge in [-0.1, -0.05) is 0 Å². The number of pyridine rings is 1. The minimum absolute atomic E-state index is 0.219. The number of hydrogen-bond acceptors (Lipinski definition) is 8. The summed E-state index contributed by atoms with van der Waals surface area (Å²) in [5.74, 6) is -0.0473. The Morgan fingerprint density at radius 1 is 1.10 bits per heavy atom. The SMILES string of the molecule is O=C(NCc1ccncc1)c1ccc2nc([C@@H]3O[C@H](CO)[C@H](O)[C@H](O)[C@H]3O)[nH]c2c1. The zero-order valence-corrected chi connectivity index (χ0v) is 15.8. The first-order valence-electron chi connectivity index (χ1n) is 9.45. The molecule has 10 nitrogen and oxygen atoms in total. The molecule has 0 radical (unpaired) electrons. The number of rotatable bonds is 5. The van der Waals surface area contributed by atoms with Crippen LogP contribution in [-0.4, -0.2) is 72.3 Å². The van der Waals surface area contributed by atoms with E-state index in [4.69, 9.17) is 4.74 Å². The molecule has 0 unspecified atom stereocenters. The molecule has 0 bridgehead atoms. The number of aromatic amines is 1. The van der Waals surface area contributed by atoms with Crippen molar-refractivity contribution in [1.82, 2.24) is 20.3 Å². The zero-order chi connectivity index (χ0) is 21.3. The maximum absolute atomic E-state index is 12.5. The molecule has 0 saturated carbocycles. The molecule has 6 N–H and O–H groups in total. The predicted molar refractivity (Wildman–Crippen MR) is 104 cm³/mol. The third-order valence-corrected chi connectivity index (χ3v) is 5.13. The Hall–Kier alpha value is -2.89. The number of ether oxygens (including phenoxy) is 1. The van der Waals surface area contributed by atoms with Crippen molar-refractivity contribution in [3.63, 3.8) is 0 Å². The summed E-state index contributed by atoms with van der Waals surface area (Å²) in [5.41, 5.74) is 2.41. The summed E-state index contributed by atoms with van der Waals surface area (Å²) < 4.78 is 5.52. The summed E-state index contributed by atoms with van der Waals surface area (Å²) in [5, 5.41) is 42.4. The summed E-state index contributed by atoms with van der Waals surface area (Å²) in [7, 11) is 0. The summed E-state index contributed by atoms with van der Waals surface area (Å²) in [6.07, 6.45) is -3.18. The highest BCUT2D eigenvalue weighted by Crippen LogP contribution is 2.32. The average Bonchev–Trinajstić information content (AvgIpc) is 3.20. The lowest BCUT2D eigenvalue weighted by atomic mass is 9.95. The molecule has 3 heterocycles. The molecule has 10 heteroatoms. The van der Waals surface area contributed by atoms with Crippen molar-refractivity contribution in [2.24, 2.45) is 0 Å². The summed E-state index contributed by atoms with van der Waals surface area (Å²) in [6.45, 7) is -0.165. The van der Waals surface area contributed by atoms with Crippen LogP contribution in [0.5, 0.6) is 0 Å². The van der Waals surface area contributed by atoms with Crippen molar-refractivity contribution < 1.29 is 30.0 Å². The largest absolute Gasteiger partial charge is 0.394 e. The highest BCUT2D eigenvalue weighted by Gasteiger charge is 2.45. The Labute approximate surface area is 171 Å². The second-order valence-corrected chi connectivity index (χ2v) is 7.14. The third-order valence-electron chi connectivity index (χ3n) is 5.13. The number of carbonyl (C=O) groups is 1. The number of aliphatic hydroxyl groups is 4. The molecule has 1 aliphatic rings. The van der Waals surface area contributed by atoms with Gasteiger partial charge in [0, 0.05) is 24.5 Å². The van der Waals surface area contributed by atoms with Crippen LogP contribution in [0.3, 0.4) is 0 Å². The Bertz CT molecular complexity index is 1020. The second kappa shape index (κ2) is 8.46. The molecule has 0 spiro atoms. The fourth-order valence-corrected chi connectivity index (χ4v) is 3.42. The lowest BCUT2D eigenvalue weighted by Gasteiger charge is -2.39. The lowest BCUT2D eigenvalue weighted by molar-refractivity contribution is -0.233. The minimum Gasteiger partial charge on any atom is -0.394 e. The Balaban J connectivity index is 1.53. The van der Waals surface area contributed by atoms with Gasteiger partial charge in [0.2, 0.25) is 0 Å². The van der Waals surface area contributed by atoms with Crippen molar-refractivity contribution in [2.45, 2.75) is 37.1 Å². The van der Waals surface area contributed by atoms with E-state index in [0.29, 0.717) is 23.1 Å². The third kappa shape index (κ3) is 3.91. The van der Waals surface area contributed by atoms with Crippen LogP contribution in [-0.2, 0) is 11.3 Å². The number of aromatic nitrogens is 3. The van der Waals surface area contributed by atoms with E-state index in [1.807, 2.05) is 12.1 Å². The van der Waals surface area contributed by atoms with Crippen LogP contribution in [0.15, 0.2) is 42.7 Å². The Morgan fingerprint density at radius 3 is 2.60 bits per heavy atom. The number of carbonyl (C=O) groups excluding carboxylic acids is 1. The van der Waals surface area contributed by atoms with Crippen molar-refractivity contribution in [2.75, 3.05) is 6.61 Å². The fraction of sp³-hybridized carbons (Fsp3) is 0.350. The van der Waals surface area contributed by atoms with Gasteiger partial charge in [0.25, 0.3) is 5.91 Å². The molecule has 3 aromatic rings. The van der Waals surface area contributed by atoms with Crippen LogP contribution >= 0.6 is 0 Å². The van der Waals surface area contributed by atoms with Crippen LogP contribution in [0.4, 0.5) is 0 Å². The number of fused-ring (bicyclic) bond motifs is 1. The molecule has 1 aromatic carbocycles. The van der Waals surface area contributed by atoms with Gasteiger partial charge in [-0.3, -0.25) is 9.78 Å². The highest BCUT2D eigenvalue weighted by molar-refractivity contribution is 5.97. The maximum atomic E-state index is 12.5. The van der Waals surface area contributed by atoms with Crippen molar-refractivity contribution in [3.05, 3.63) is 59.7 Å². The van der Waals surface area contributed by atoms with Crippen LogP contribution in [0.2, 0.25) is 0 Å². The molecule has 4 rings (SSSR count). The highest BCUT2D eigenvalue weighted by atomic mass is 16.5. The van der Waals surface area contributed by atoms with E-state index in [-0.39, 0.29) is 11.7 Å². The lowest BCUT2D eigenvalue weighted by Crippen LogP contribution is -2.55. The zero-order valence-electron chi connectivity index (χ0n) is 15.8. The standard InChI is InChI=1S/C20H22N4O6/c25-9-14-15(26)16(27)17(28)18(30-14)19-23-12-2-1-11(7-13(12)24-19)20(29)22-8-10-3-5-21-6-4-10/h1-7,14-18,25-28H,8-9H2,(H,22,29)(H,23,24)/t14-,15+,16+,17-,18-/m1/s1. The van der Waals surface area contributed by atoms with Gasteiger partial charge in [-0.25, -0.2) is 4.98 Å². The molecule has 5 atom stereocenters. The molecular weight excluding hydrogens is 392 g/mol. The number of imidazole rings is 1. The van der Waals surface area contributed by atoms with Gasteiger partial charge in [0.15, 0.2) is 0 Å². The van der Waals surface area contributed by atoms with E-state index in [2.05, 4.69) is 20.3 Å². The molecule has 1 amide bonds. The van der Waals surface area contributed by atoms with E-state index in [0.717, 1.165) is 5.56 Å². The first-order valence-corrected chi connectivity index (χ1v) is 9.45. The topological polar surface area (TPSA) is 161 Å². The van der Waals surface area contributed by atoms with E-state index in [1.54, 1.807) is 30.6 Å². The van der Waals surface area contributed by atoms with E-state index in [1.165, 1.54) is 0 Å². The molecule has 1 aliphatic heterocycles. The molecule has 1 saturated heterocycles. The summed E-state index contributed by atoms with van der Waals surface area (Å²) >= 11 is 0. The first kappa shape index (κ1) is 20.4. The fourth-order valence-electron chi connectivity index (χ4n) is 3.42. The molecule has 158 valence electrons. The molecule has 30 heavy (non-hydrogen) atoms. The smallest absolute Gasteiger partial charge is 0.251 e. The molecular formula is C20H22N4O6. The summed E-state index contributed by atoms with van der Waals surface area (Å²) in [4.78, 5) is 23.7. The van der Waals surface area contributed by atoms with Gasteiger partial charge in [-0.05, 0) is 35.9 Å². The van der Waals surface area contributed by atoms with Crippen LogP contribution in [0, 0.1) is 0 Å². The monoisotopic (exact) mass is 414 g/mol. The van der Waals surface area contributed by atoms with E-state index in [9.17, 15) is 25.2 Å². The maximum Gasteiger partial charge on any atom is 0.251 e. The van der Waals surface area contributed by atoms with Crippen molar-refractivity contribution in [3.8, 4) is 0 Å². The number of nitrogens with zero attached hydrogens (tertiary/aromatic N) is 2. The number of nitrogens with one attached hydrogen (secondary N) is 2. The van der Waals surface area contributed by atoms with Gasteiger partial charge in [-0.15, -0.1) is 0 Å². The normalized spacial score (nSPS) is 26.6.